The number of fused-ring (bicyclic) bond motifs is 1. The lowest BCUT2D eigenvalue weighted by Crippen LogP contribution is -2.57. The van der Waals surface area contributed by atoms with Crippen molar-refractivity contribution in [3.05, 3.63) is 65.4 Å². The number of piperazine rings is 1. The molecule has 2 heterocycles. The Balaban J connectivity index is 1.73. The molecule has 0 spiro atoms. The molecule has 3 aromatic rings. The Morgan fingerprint density at radius 2 is 1.93 bits per heavy atom. The number of nitrogens with zero attached hydrogens (tertiary/aromatic N) is 4. The molecule has 0 radical (unpaired) electrons. The van der Waals surface area contributed by atoms with Crippen molar-refractivity contribution in [2.24, 2.45) is 0 Å². The standard InChI is InChI=1S/C22H22Cl2N4O2/c1-2-21(30)28-8-7-27(11-16(28)12-29)22-18-9-17(14-3-5-15(23)6-4-14)19(24)10-20(18)25-13-26-22/h2-6,9-10,13,16,21,29-30H,1,7-8,11-12H2/t16-,21?/m1/s1. The van der Waals surface area contributed by atoms with Gasteiger partial charge in [0.1, 0.15) is 18.4 Å². The van der Waals surface area contributed by atoms with Crippen LogP contribution in [0.1, 0.15) is 0 Å². The summed E-state index contributed by atoms with van der Waals surface area (Å²) in [7, 11) is 0. The maximum atomic E-state index is 10.2. The van der Waals surface area contributed by atoms with Gasteiger partial charge in [0.05, 0.1) is 23.2 Å². The Labute approximate surface area is 185 Å². The first-order chi connectivity index (χ1) is 14.5. The summed E-state index contributed by atoms with van der Waals surface area (Å²) in [6.07, 6.45) is 2.20. The largest absolute Gasteiger partial charge is 0.395 e. The average molecular weight is 445 g/mol. The van der Waals surface area contributed by atoms with Gasteiger partial charge in [-0.1, -0.05) is 41.9 Å². The number of aromatic nitrogens is 2. The lowest BCUT2D eigenvalue weighted by atomic mass is 10.0. The Hall–Kier alpha value is -2.22. The third kappa shape index (κ3) is 4.02. The van der Waals surface area contributed by atoms with E-state index < -0.39 is 6.23 Å². The molecule has 1 aliphatic rings. The highest BCUT2D eigenvalue weighted by molar-refractivity contribution is 6.34. The molecule has 1 saturated heterocycles. The Kier molecular flexibility index (Phi) is 6.22. The zero-order chi connectivity index (χ0) is 21.3. The van der Waals surface area contributed by atoms with Crippen molar-refractivity contribution < 1.29 is 10.2 Å². The molecule has 8 heteroatoms. The Morgan fingerprint density at radius 1 is 1.17 bits per heavy atom. The molecular weight excluding hydrogens is 423 g/mol. The van der Waals surface area contributed by atoms with Crippen LogP contribution in [0.2, 0.25) is 10.0 Å². The van der Waals surface area contributed by atoms with E-state index in [4.69, 9.17) is 23.2 Å². The lowest BCUT2D eigenvalue weighted by molar-refractivity contribution is -0.0145. The summed E-state index contributed by atoms with van der Waals surface area (Å²) in [5.74, 6) is 0.776. The van der Waals surface area contributed by atoms with Crippen molar-refractivity contribution in [2.45, 2.75) is 12.3 Å². The van der Waals surface area contributed by atoms with Crippen LogP contribution in [0.3, 0.4) is 0 Å². The lowest BCUT2D eigenvalue weighted by Gasteiger charge is -2.42. The zero-order valence-corrected chi connectivity index (χ0v) is 17.8. The molecule has 6 nitrogen and oxygen atoms in total. The van der Waals surface area contributed by atoms with E-state index in [0.29, 0.717) is 29.7 Å². The van der Waals surface area contributed by atoms with Crippen molar-refractivity contribution in [1.82, 2.24) is 14.9 Å². The van der Waals surface area contributed by atoms with Crippen LogP contribution >= 0.6 is 23.2 Å². The van der Waals surface area contributed by atoms with E-state index >= 15 is 0 Å². The second-order valence-corrected chi connectivity index (χ2v) is 8.07. The monoisotopic (exact) mass is 444 g/mol. The topological polar surface area (TPSA) is 72.7 Å². The minimum Gasteiger partial charge on any atom is -0.395 e. The van der Waals surface area contributed by atoms with E-state index in [1.54, 1.807) is 0 Å². The minimum atomic E-state index is -0.790. The molecule has 1 aromatic heterocycles. The fourth-order valence-corrected chi connectivity index (χ4v) is 4.27. The molecule has 0 bridgehead atoms. The van der Waals surface area contributed by atoms with Gasteiger partial charge in [-0.25, -0.2) is 9.97 Å². The van der Waals surface area contributed by atoms with E-state index in [1.807, 2.05) is 41.3 Å². The highest BCUT2D eigenvalue weighted by atomic mass is 35.5. The quantitative estimate of drug-likeness (QED) is 0.585. The summed E-state index contributed by atoms with van der Waals surface area (Å²) in [5.41, 5.74) is 2.57. The number of rotatable bonds is 5. The van der Waals surface area contributed by atoms with Crippen LogP contribution in [0.5, 0.6) is 0 Å². The van der Waals surface area contributed by atoms with E-state index in [2.05, 4.69) is 21.4 Å². The molecule has 0 amide bonds. The number of anilines is 1. The normalized spacial score (nSPS) is 18.5. The smallest absolute Gasteiger partial charge is 0.140 e. The van der Waals surface area contributed by atoms with Crippen LogP contribution in [0.15, 0.2) is 55.4 Å². The molecule has 0 saturated carbocycles. The fraction of sp³-hybridized carbons (Fsp3) is 0.273. The van der Waals surface area contributed by atoms with Crippen molar-refractivity contribution >= 4 is 39.9 Å². The zero-order valence-electron chi connectivity index (χ0n) is 16.2. The molecule has 2 aromatic carbocycles. The maximum absolute atomic E-state index is 10.2. The maximum Gasteiger partial charge on any atom is 0.140 e. The van der Waals surface area contributed by atoms with Crippen molar-refractivity contribution in [3.63, 3.8) is 0 Å². The van der Waals surface area contributed by atoms with Gasteiger partial charge in [0.15, 0.2) is 0 Å². The number of hydrogen-bond acceptors (Lipinski definition) is 6. The highest BCUT2D eigenvalue weighted by Crippen LogP contribution is 2.35. The van der Waals surface area contributed by atoms with Gasteiger partial charge in [-0.2, -0.15) is 0 Å². The van der Waals surface area contributed by atoms with Gasteiger partial charge >= 0.3 is 0 Å². The van der Waals surface area contributed by atoms with Crippen LogP contribution in [0, 0.1) is 0 Å². The molecule has 1 fully saturated rings. The Morgan fingerprint density at radius 3 is 2.63 bits per heavy atom. The highest BCUT2D eigenvalue weighted by Gasteiger charge is 2.31. The van der Waals surface area contributed by atoms with Crippen molar-refractivity contribution in [3.8, 4) is 11.1 Å². The first-order valence-corrected chi connectivity index (χ1v) is 10.4. The number of aliphatic hydroxyl groups is 2. The van der Waals surface area contributed by atoms with Gasteiger partial charge in [0.2, 0.25) is 0 Å². The van der Waals surface area contributed by atoms with E-state index in [1.165, 1.54) is 12.4 Å². The molecule has 1 unspecified atom stereocenters. The SMILES string of the molecule is C=CC(O)N1CCN(c2ncnc3cc(Cl)c(-c4ccc(Cl)cc4)cc23)C[C@@H]1CO. The van der Waals surface area contributed by atoms with Gasteiger partial charge in [0, 0.05) is 35.6 Å². The molecule has 2 atom stereocenters. The van der Waals surface area contributed by atoms with Crippen LogP contribution in [-0.4, -0.2) is 63.6 Å². The van der Waals surface area contributed by atoms with Crippen molar-refractivity contribution in [1.29, 1.82) is 0 Å². The predicted octanol–water partition coefficient (Wildman–Crippen LogP) is 3.59. The number of benzene rings is 2. The molecule has 2 N–H and O–H groups in total. The van der Waals surface area contributed by atoms with Crippen LogP contribution in [0.4, 0.5) is 5.82 Å². The van der Waals surface area contributed by atoms with Crippen LogP contribution in [0.25, 0.3) is 22.0 Å². The van der Waals surface area contributed by atoms with E-state index in [9.17, 15) is 10.2 Å². The van der Waals surface area contributed by atoms with Gasteiger partial charge in [-0.05, 0) is 35.9 Å². The third-order valence-electron chi connectivity index (χ3n) is 5.45. The van der Waals surface area contributed by atoms with Crippen LogP contribution < -0.4 is 4.90 Å². The third-order valence-corrected chi connectivity index (χ3v) is 6.01. The molecule has 1 aliphatic heterocycles. The molecule has 0 aliphatic carbocycles. The van der Waals surface area contributed by atoms with Gasteiger partial charge in [-0.15, -0.1) is 0 Å². The predicted molar refractivity (Wildman–Crippen MR) is 121 cm³/mol. The summed E-state index contributed by atoms with van der Waals surface area (Å²) < 4.78 is 0. The summed E-state index contributed by atoms with van der Waals surface area (Å²) >= 11 is 12.6. The summed E-state index contributed by atoms with van der Waals surface area (Å²) in [4.78, 5) is 12.9. The number of halogens is 2. The molecular formula is C22H22Cl2N4O2. The average Bonchev–Trinajstić information content (AvgIpc) is 2.78. The van der Waals surface area contributed by atoms with E-state index in [0.717, 1.165) is 27.8 Å². The first kappa shape index (κ1) is 21.0. The van der Waals surface area contributed by atoms with E-state index in [-0.39, 0.29) is 12.6 Å². The summed E-state index contributed by atoms with van der Waals surface area (Å²) in [5, 5.41) is 22.2. The van der Waals surface area contributed by atoms with Crippen molar-refractivity contribution in [2.75, 3.05) is 31.1 Å². The molecule has 30 heavy (non-hydrogen) atoms. The van der Waals surface area contributed by atoms with Gasteiger partial charge in [0.25, 0.3) is 0 Å². The minimum absolute atomic E-state index is 0.0771. The first-order valence-electron chi connectivity index (χ1n) is 9.64. The number of aliphatic hydroxyl groups excluding tert-OH is 2. The number of hydrogen-bond donors (Lipinski definition) is 2. The Bertz CT molecular complexity index is 1060. The second kappa shape index (κ2) is 8.88. The summed E-state index contributed by atoms with van der Waals surface area (Å²) in [6.45, 7) is 5.31. The fourth-order valence-electron chi connectivity index (χ4n) is 3.87. The second-order valence-electron chi connectivity index (χ2n) is 7.22. The summed E-state index contributed by atoms with van der Waals surface area (Å²) in [6, 6.07) is 11.1. The van der Waals surface area contributed by atoms with Gasteiger partial charge < -0.3 is 15.1 Å². The van der Waals surface area contributed by atoms with Crippen LogP contribution in [-0.2, 0) is 0 Å². The molecule has 4 rings (SSSR count). The molecule has 156 valence electrons. The van der Waals surface area contributed by atoms with Gasteiger partial charge in [-0.3, -0.25) is 4.90 Å².